The summed E-state index contributed by atoms with van der Waals surface area (Å²) < 4.78 is 12.2. The average Bonchev–Trinajstić information content (AvgIpc) is 3.09. The monoisotopic (exact) mass is 582 g/mol. The van der Waals surface area contributed by atoms with Gasteiger partial charge in [0.2, 0.25) is 0 Å². The lowest BCUT2D eigenvalue weighted by atomic mass is 10.1. The maximum absolute atomic E-state index is 13.3. The van der Waals surface area contributed by atoms with Gasteiger partial charge in [-0.05, 0) is 54.6 Å². The van der Waals surface area contributed by atoms with Crippen LogP contribution >= 0.6 is 0 Å². The topological polar surface area (TPSA) is 83.1 Å². The minimum absolute atomic E-state index is 0.330. The molecule has 2 amide bonds. The number of para-hydroxylation sites is 4. The average molecular weight is 583 g/mol. The Bertz CT molecular complexity index is 1700. The number of nitrogens with one attached hydrogen (secondary N) is 2. The fraction of sp³-hybridized carbons (Fsp3) is 0.111. The van der Waals surface area contributed by atoms with Crippen molar-refractivity contribution in [2.75, 3.05) is 33.9 Å². The van der Waals surface area contributed by atoms with E-state index >= 15 is 0 Å². The molecule has 5 aromatic carbocycles. The molecule has 0 aromatic heterocycles. The highest BCUT2D eigenvalue weighted by Crippen LogP contribution is 2.36. The number of carbonyl (C=O) groups excluding carboxylic acids is 2. The van der Waals surface area contributed by atoms with Gasteiger partial charge in [0, 0.05) is 46.7 Å². The van der Waals surface area contributed by atoms with Gasteiger partial charge in [-0.15, -0.1) is 0 Å². The van der Waals surface area contributed by atoms with Crippen molar-refractivity contribution in [2.24, 2.45) is 0 Å². The molecule has 0 saturated carbocycles. The lowest BCUT2D eigenvalue weighted by Crippen LogP contribution is -2.32. The van der Waals surface area contributed by atoms with Crippen molar-refractivity contribution >= 4 is 34.6 Å². The molecule has 0 bridgehead atoms. The van der Waals surface area contributed by atoms with Gasteiger partial charge in [0.1, 0.15) is 11.5 Å². The predicted molar refractivity (Wildman–Crippen MR) is 171 cm³/mol. The highest BCUT2D eigenvalue weighted by Gasteiger charge is 2.23. The number of carbonyl (C=O) groups is 2. The maximum atomic E-state index is 13.3. The summed E-state index contributed by atoms with van der Waals surface area (Å²) >= 11 is 0. The number of benzene rings is 5. The van der Waals surface area contributed by atoms with Crippen molar-refractivity contribution in [3.8, 4) is 11.5 Å². The molecule has 218 valence electrons. The van der Waals surface area contributed by atoms with Crippen LogP contribution in [0.4, 0.5) is 22.7 Å². The molecule has 0 fully saturated rings. The molecule has 0 aliphatic carbocycles. The zero-order valence-corrected chi connectivity index (χ0v) is 23.9. The molecule has 2 aliphatic heterocycles. The Balaban J connectivity index is 1.04. The summed E-state index contributed by atoms with van der Waals surface area (Å²) in [6.45, 7) is 2.07. The smallest absolute Gasteiger partial charge is 0.255 e. The first-order chi connectivity index (χ1) is 21.6. The van der Waals surface area contributed by atoms with Gasteiger partial charge in [-0.25, -0.2) is 0 Å². The van der Waals surface area contributed by atoms with Crippen LogP contribution in [0.3, 0.4) is 0 Å². The van der Waals surface area contributed by atoms with E-state index < -0.39 is 0 Å². The first-order valence-electron chi connectivity index (χ1n) is 14.4. The largest absolute Gasteiger partial charge is 0.471 e. The van der Waals surface area contributed by atoms with Crippen molar-refractivity contribution in [1.29, 1.82) is 0 Å². The number of ether oxygens (including phenoxy) is 2. The second-order valence-electron chi connectivity index (χ2n) is 10.7. The summed E-state index contributed by atoms with van der Waals surface area (Å²) in [7, 11) is 0. The van der Waals surface area contributed by atoms with Crippen molar-refractivity contribution < 1.29 is 19.1 Å². The van der Waals surface area contributed by atoms with Gasteiger partial charge in [-0.2, -0.15) is 0 Å². The van der Waals surface area contributed by atoms with Crippen LogP contribution in [-0.2, 0) is 13.1 Å². The Morgan fingerprint density at radius 3 is 1.41 bits per heavy atom. The minimum Gasteiger partial charge on any atom is -0.471 e. The molecule has 8 nitrogen and oxygen atoms in total. The van der Waals surface area contributed by atoms with Crippen LogP contribution in [0.15, 0.2) is 121 Å². The molecule has 8 heteroatoms. The summed E-state index contributed by atoms with van der Waals surface area (Å²) in [6.07, 6.45) is 0. The SMILES string of the molecule is O=C(Nc1cccc2c1OCN(c1ccccc1)C2)c1cccc(C(=O)Nc2cccc3c2OCN(c2ccccc2)C3)c1. The van der Waals surface area contributed by atoms with E-state index in [0.717, 1.165) is 22.5 Å². The Morgan fingerprint density at radius 2 is 0.955 bits per heavy atom. The molecule has 2 N–H and O–H groups in total. The van der Waals surface area contributed by atoms with E-state index in [-0.39, 0.29) is 11.8 Å². The fourth-order valence-electron chi connectivity index (χ4n) is 5.54. The van der Waals surface area contributed by atoms with Crippen molar-refractivity contribution in [2.45, 2.75) is 13.1 Å². The number of nitrogens with zero attached hydrogens (tertiary/aromatic N) is 2. The molecule has 2 heterocycles. The van der Waals surface area contributed by atoms with Crippen LogP contribution in [0.2, 0.25) is 0 Å². The summed E-state index contributed by atoms with van der Waals surface area (Å²) in [6, 6.07) is 38.2. The predicted octanol–water partition coefficient (Wildman–Crippen LogP) is 6.90. The Morgan fingerprint density at radius 1 is 0.523 bits per heavy atom. The lowest BCUT2D eigenvalue weighted by Gasteiger charge is -2.31. The number of hydrogen-bond donors (Lipinski definition) is 2. The number of anilines is 4. The summed E-state index contributed by atoms with van der Waals surface area (Å²) in [5.41, 5.74) is 6.00. The van der Waals surface area contributed by atoms with E-state index in [1.807, 2.05) is 97.1 Å². The number of rotatable bonds is 6. The third kappa shape index (κ3) is 5.53. The molecule has 0 atom stereocenters. The van der Waals surface area contributed by atoms with E-state index in [4.69, 9.17) is 9.47 Å². The van der Waals surface area contributed by atoms with Gasteiger partial charge in [0.15, 0.2) is 13.5 Å². The molecule has 2 aliphatic rings. The van der Waals surface area contributed by atoms with Crippen LogP contribution in [0.5, 0.6) is 11.5 Å². The molecule has 7 rings (SSSR count). The third-order valence-corrected chi connectivity index (χ3v) is 7.77. The molecular weight excluding hydrogens is 552 g/mol. The van der Waals surface area contributed by atoms with E-state index in [9.17, 15) is 9.59 Å². The summed E-state index contributed by atoms with van der Waals surface area (Å²) in [5.74, 6) is 0.648. The number of amides is 2. The van der Waals surface area contributed by atoms with Crippen LogP contribution < -0.4 is 29.9 Å². The van der Waals surface area contributed by atoms with Crippen molar-refractivity contribution in [3.63, 3.8) is 0 Å². The standard InChI is InChI=1S/C36H30N4O4/c41-35(37-31-18-8-12-27-21-39(23-43-33(27)31)29-14-3-1-4-15-29)25-10-7-11-26(20-25)36(42)38-32-19-9-13-28-22-40(24-44-34(28)32)30-16-5-2-6-17-30/h1-20H,21-24H2,(H,37,41)(H,38,42). The Labute approximate surface area is 255 Å². The quantitative estimate of drug-likeness (QED) is 0.227. The van der Waals surface area contributed by atoms with Crippen molar-refractivity contribution in [1.82, 2.24) is 0 Å². The van der Waals surface area contributed by atoms with Gasteiger partial charge in [0.05, 0.1) is 11.4 Å². The second-order valence-corrected chi connectivity index (χ2v) is 10.7. The van der Waals surface area contributed by atoms with Gasteiger partial charge in [0.25, 0.3) is 11.8 Å². The van der Waals surface area contributed by atoms with Gasteiger partial charge in [-0.3, -0.25) is 9.59 Å². The first-order valence-corrected chi connectivity index (χ1v) is 14.4. The molecule has 0 radical (unpaired) electrons. The molecule has 5 aromatic rings. The molecular formula is C36H30N4O4. The third-order valence-electron chi connectivity index (χ3n) is 7.77. The van der Waals surface area contributed by atoms with E-state index in [2.05, 4.69) is 20.4 Å². The maximum Gasteiger partial charge on any atom is 0.255 e. The highest BCUT2D eigenvalue weighted by molar-refractivity contribution is 6.09. The fourth-order valence-corrected chi connectivity index (χ4v) is 5.54. The van der Waals surface area contributed by atoms with Crippen LogP contribution in [0.25, 0.3) is 0 Å². The van der Waals surface area contributed by atoms with Crippen molar-refractivity contribution in [3.05, 3.63) is 144 Å². The van der Waals surface area contributed by atoms with Gasteiger partial charge >= 0.3 is 0 Å². The molecule has 0 saturated heterocycles. The van der Waals surface area contributed by atoms with Crippen LogP contribution in [0.1, 0.15) is 31.8 Å². The normalized spacial score (nSPS) is 13.5. The zero-order valence-electron chi connectivity index (χ0n) is 23.9. The minimum atomic E-state index is -0.330. The van der Waals surface area contributed by atoms with Gasteiger partial charge in [-0.1, -0.05) is 66.7 Å². The van der Waals surface area contributed by atoms with E-state index in [1.54, 1.807) is 24.3 Å². The van der Waals surface area contributed by atoms with Crippen LogP contribution in [0, 0.1) is 0 Å². The number of hydrogen-bond acceptors (Lipinski definition) is 6. The molecule has 0 spiro atoms. The lowest BCUT2D eigenvalue weighted by molar-refractivity contribution is 0.102. The Hall–Kier alpha value is -5.76. The summed E-state index contributed by atoms with van der Waals surface area (Å²) in [4.78, 5) is 30.9. The molecule has 0 unspecified atom stereocenters. The first kappa shape index (κ1) is 27.1. The zero-order chi connectivity index (χ0) is 29.9. The Kier molecular flexibility index (Phi) is 7.30. The van der Waals surface area contributed by atoms with Gasteiger partial charge < -0.3 is 29.9 Å². The highest BCUT2D eigenvalue weighted by atomic mass is 16.5. The summed E-state index contributed by atoms with van der Waals surface area (Å²) in [5, 5.41) is 5.95. The van der Waals surface area contributed by atoms with E-state index in [1.165, 1.54) is 0 Å². The molecule has 44 heavy (non-hydrogen) atoms. The van der Waals surface area contributed by atoms with E-state index in [0.29, 0.717) is 60.6 Å². The second kappa shape index (κ2) is 11.9. The van der Waals surface area contributed by atoms with Crippen LogP contribution in [-0.4, -0.2) is 25.3 Å². The number of fused-ring (bicyclic) bond motifs is 2.